The number of amides is 1. The smallest absolute Gasteiger partial charge is 0.231 e. The number of thiazole rings is 1. The van der Waals surface area contributed by atoms with Crippen molar-refractivity contribution in [2.45, 2.75) is 13.5 Å². The van der Waals surface area contributed by atoms with Crippen LogP contribution in [-0.4, -0.2) is 28.9 Å². The van der Waals surface area contributed by atoms with Gasteiger partial charge in [0.05, 0.1) is 6.54 Å². The molecular weight excluding hydrogens is 222 g/mol. The average molecular weight is 234 g/mol. The van der Waals surface area contributed by atoms with Crippen LogP contribution in [0.4, 0.5) is 0 Å². The molecule has 0 spiro atoms. The van der Waals surface area contributed by atoms with E-state index in [-0.39, 0.29) is 12.5 Å². The molecule has 1 amide bonds. The lowest BCUT2D eigenvalue weighted by molar-refractivity contribution is -0.119. The summed E-state index contributed by atoms with van der Waals surface area (Å²) in [7, 11) is 0. The Hall–Kier alpha value is -0.650. The van der Waals surface area contributed by atoms with Gasteiger partial charge in [0.25, 0.3) is 0 Å². The average Bonchev–Trinajstić information content (AvgIpc) is 2.49. The quantitative estimate of drug-likeness (QED) is 0.829. The first-order valence-electron chi connectivity index (χ1n) is 4.22. The van der Waals surface area contributed by atoms with Gasteiger partial charge in [-0.1, -0.05) is 18.5 Å². The number of rotatable bonds is 5. The lowest BCUT2D eigenvalue weighted by Crippen LogP contribution is -2.32. The number of halogens is 1. The van der Waals surface area contributed by atoms with Crippen molar-refractivity contribution in [3.05, 3.63) is 15.5 Å². The lowest BCUT2D eigenvalue weighted by atomic mass is 10.4. The van der Waals surface area contributed by atoms with E-state index in [1.165, 1.54) is 11.3 Å². The fraction of sp³-hybridized carbons (Fsp3) is 0.500. The van der Waals surface area contributed by atoms with Gasteiger partial charge < -0.3 is 5.73 Å². The monoisotopic (exact) mass is 233 g/mol. The summed E-state index contributed by atoms with van der Waals surface area (Å²) in [5.41, 5.74) is 5.11. The minimum Gasteiger partial charge on any atom is -0.369 e. The van der Waals surface area contributed by atoms with E-state index in [0.717, 1.165) is 11.4 Å². The van der Waals surface area contributed by atoms with E-state index in [1.54, 1.807) is 6.20 Å². The van der Waals surface area contributed by atoms with Gasteiger partial charge in [-0.25, -0.2) is 4.98 Å². The van der Waals surface area contributed by atoms with Gasteiger partial charge in [-0.3, -0.25) is 9.69 Å². The van der Waals surface area contributed by atoms with E-state index in [9.17, 15) is 4.79 Å². The maximum Gasteiger partial charge on any atom is 0.231 e. The highest BCUT2D eigenvalue weighted by molar-refractivity contribution is 7.15. The molecule has 0 atom stereocenters. The second kappa shape index (κ2) is 5.29. The summed E-state index contributed by atoms with van der Waals surface area (Å²) in [5.74, 6) is -0.317. The summed E-state index contributed by atoms with van der Waals surface area (Å²) < 4.78 is 0.523. The minimum atomic E-state index is -0.317. The zero-order chi connectivity index (χ0) is 10.6. The predicted molar refractivity (Wildman–Crippen MR) is 57.3 cm³/mol. The number of hydrogen-bond donors (Lipinski definition) is 1. The molecule has 1 aromatic rings. The van der Waals surface area contributed by atoms with E-state index < -0.39 is 0 Å². The molecule has 0 saturated heterocycles. The second-order valence-electron chi connectivity index (χ2n) is 2.85. The number of nitrogens with zero attached hydrogens (tertiary/aromatic N) is 2. The van der Waals surface area contributed by atoms with Gasteiger partial charge in [0.1, 0.15) is 0 Å². The Labute approximate surface area is 91.7 Å². The van der Waals surface area contributed by atoms with E-state index >= 15 is 0 Å². The first-order chi connectivity index (χ1) is 6.61. The maximum atomic E-state index is 10.7. The highest BCUT2D eigenvalue weighted by Crippen LogP contribution is 2.18. The van der Waals surface area contributed by atoms with Gasteiger partial charge in [-0.05, 0) is 6.54 Å². The molecule has 1 heterocycles. The molecule has 0 aromatic carbocycles. The van der Waals surface area contributed by atoms with Gasteiger partial charge in [-0.15, -0.1) is 11.3 Å². The maximum absolute atomic E-state index is 10.7. The van der Waals surface area contributed by atoms with Crippen molar-refractivity contribution in [3.63, 3.8) is 0 Å². The van der Waals surface area contributed by atoms with E-state index in [1.807, 2.05) is 11.8 Å². The molecule has 0 aliphatic carbocycles. The van der Waals surface area contributed by atoms with E-state index in [4.69, 9.17) is 17.3 Å². The molecule has 0 aliphatic heterocycles. The Balaban J connectivity index is 2.52. The summed E-state index contributed by atoms with van der Waals surface area (Å²) in [4.78, 5) is 17.6. The molecule has 1 aromatic heterocycles. The van der Waals surface area contributed by atoms with Crippen LogP contribution in [0.3, 0.4) is 0 Å². The normalized spacial score (nSPS) is 10.8. The summed E-state index contributed by atoms with van der Waals surface area (Å²) in [6.45, 7) is 3.69. The highest BCUT2D eigenvalue weighted by atomic mass is 35.5. The van der Waals surface area contributed by atoms with Crippen LogP contribution in [0, 0.1) is 0 Å². The van der Waals surface area contributed by atoms with Crippen molar-refractivity contribution in [1.82, 2.24) is 9.88 Å². The molecule has 0 radical (unpaired) electrons. The van der Waals surface area contributed by atoms with Crippen LogP contribution in [-0.2, 0) is 11.3 Å². The van der Waals surface area contributed by atoms with Crippen LogP contribution in [0.25, 0.3) is 0 Å². The molecule has 6 heteroatoms. The van der Waals surface area contributed by atoms with Crippen LogP contribution < -0.4 is 5.73 Å². The Morgan fingerprint density at radius 1 is 1.79 bits per heavy atom. The van der Waals surface area contributed by atoms with Crippen LogP contribution in [0.5, 0.6) is 0 Å². The molecule has 0 saturated carbocycles. The number of primary amides is 1. The third-order valence-corrected chi connectivity index (χ3v) is 2.83. The molecule has 0 unspecified atom stereocenters. The van der Waals surface area contributed by atoms with Crippen LogP contribution in [0.2, 0.25) is 4.47 Å². The van der Waals surface area contributed by atoms with Gasteiger partial charge >= 0.3 is 0 Å². The van der Waals surface area contributed by atoms with Crippen molar-refractivity contribution in [2.75, 3.05) is 13.1 Å². The molecule has 4 nitrogen and oxygen atoms in total. The largest absolute Gasteiger partial charge is 0.369 e. The Morgan fingerprint density at radius 2 is 2.50 bits per heavy atom. The molecule has 2 N–H and O–H groups in total. The van der Waals surface area contributed by atoms with Crippen LogP contribution in [0.15, 0.2) is 6.20 Å². The number of nitrogens with two attached hydrogens (primary N) is 1. The van der Waals surface area contributed by atoms with Crippen molar-refractivity contribution < 1.29 is 4.79 Å². The second-order valence-corrected chi connectivity index (χ2v) is 4.55. The van der Waals surface area contributed by atoms with Crippen molar-refractivity contribution in [2.24, 2.45) is 5.73 Å². The number of carbonyl (C=O) groups is 1. The predicted octanol–water partition coefficient (Wildman–Crippen LogP) is 1.10. The zero-order valence-electron chi connectivity index (χ0n) is 7.86. The van der Waals surface area contributed by atoms with E-state index in [0.29, 0.717) is 11.0 Å². The van der Waals surface area contributed by atoms with Crippen molar-refractivity contribution >= 4 is 28.8 Å². The fourth-order valence-corrected chi connectivity index (χ4v) is 2.10. The van der Waals surface area contributed by atoms with Crippen molar-refractivity contribution in [3.8, 4) is 0 Å². The first kappa shape index (κ1) is 11.4. The minimum absolute atomic E-state index is 0.270. The first-order valence-corrected chi connectivity index (χ1v) is 5.42. The van der Waals surface area contributed by atoms with Crippen LogP contribution in [0.1, 0.15) is 11.8 Å². The summed E-state index contributed by atoms with van der Waals surface area (Å²) in [6, 6.07) is 0. The number of aromatic nitrogens is 1. The molecule has 14 heavy (non-hydrogen) atoms. The van der Waals surface area contributed by atoms with Crippen molar-refractivity contribution in [1.29, 1.82) is 0 Å². The zero-order valence-corrected chi connectivity index (χ0v) is 9.44. The topological polar surface area (TPSA) is 59.2 Å². The summed E-state index contributed by atoms with van der Waals surface area (Å²) >= 11 is 7.11. The summed E-state index contributed by atoms with van der Waals surface area (Å²) in [5, 5.41) is 0. The summed E-state index contributed by atoms with van der Waals surface area (Å²) in [6.07, 6.45) is 1.72. The highest BCUT2D eigenvalue weighted by Gasteiger charge is 2.08. The molecule has 78 valence electrons. The standard InChI is InChI=1S/C8H12ClN3OS/c1-2-12(5-7(10)13)4-6-3-11-8(9)14-6/h3H,2,4-5H2,1H3,(H2,10,13). The molecule has 1 rings (SSSR count). The molecule has 0 bridgehead atoms. The number of hydrogen-bond acceptors (Lipinski definition) is 4. The number of carbonyl (C=O) groups excluding carboxylic acids is 1. The Morgan fingerprint density at radius 3 is 2.93 bits per heavy atom. The Bertz CT molecular complexity index is 315. The van der Waals surface area contributed by atoms with Gasteiger partial charge in [-0.2, -0.15) is 0 Å². The Kier molecular flexibility index (Phi) is 4.31. The lowest BCUT2D eigenvalue weighted by Gasteiger charge is -2.16. The number of likely N-dealkylation sites (N-methyl/N-ethyl adjacent to an activating group) is 1. The SMILES string of the molecule is CCN(CC(N)=O)Cc1cnc(Cl)s1. The third kappa shape index (κ3) is 3.61. The molecular formula is C8H12ClN3OS. The fourth-order valence-electron chi connectivity index (χ4n) is 1.08. The van der Waals surface area contributed by atoms with Crippen LogP contribution >= 0.6 is 22.9 Å². The van der Waals surface area contributed by atoms with Gasteiger partial charge in [0, 0.05) is 17.6 Å². The molecule has 0 fully saturated rings. The van der Waals surface area contributed by atoms with Gasteiger partial charge in [0.15, 0.2) is 4.47 Å². The molecule has 0 aliphatic rings. The van der Waals surface area contributed by atoms with Gasteiger partial charge in [0.2, 0.25) is 5.91 Å². The van der Waals surface area contributed by atoms with E-state index in [2.05, 4.69) is 4.98 Å². The third-order valence-electron chi connectivity index (χ3n) is 1.73.